The Labute approximate surface area is 202 Å². The van der Waals surface area contributed by atoms with Crippen LogP contribution in [0.4, 0.5) is 18.9 Å². The van der Waals surface area contributed by atoms with Crippen molar-refractivity contribution in [3.05, 3.63) is 83.4 Å². The highest BCUT2D eigenvalue weighted by Crippen LogP contribution is 2.38. The first-order valence-electron chi connectivity index (χ1n) is 11.9. The highest BCUT2D eigenvalue weighted by Gasteiger charge is 2.34. The van der Waals surface area contributed by atoms with Crippen LogP contribution in [0, 0.1) is 12.8 Å². The maximum atomic E-state index is 13.8. The van der Waals surface area contributed by atoms with E-state index >= 15 is 0 Å². The lowest BCUT2D eigenvalue weighted by molar-refractivity contribution is -0.136. The Morgan fingerprint density at radius 3 is 2.31 bits per heavy atom. The standard InChI is InChI=1S/C28H28F3N3O/c1-19-5-2-3-6-22(19)17-34-27(24-7-4-8-25(26(24)32-34)28(29,30)31)21-9-11-23(12-10-21)33-15-13-20(18-35)14-16-33/h2-12,20,35H,13-18H2,1H3. The largest absolute Gasteiger partial charge is 0.418 e. The number of anilines is 1. The van der Waals surface area contributed by atoms with Crippen LogP contribution in [0.25, 0.3) is 22.2 Å². The molecule has 0 spiro atoms. The van der Waals surface area contributed by atoms with Gasteiger partial charge in [-0.15, -0.1) is 0 Å². The molecule has 5 rings (SSSR count). The van der Waals surface area contributed by atoms with Gasteiger partial charge in [0.25, 0.3) is 0 Å². The zero-order valence-corrected chi connectivity index (χ0v) is 19.6. The van der Waals surface area contributed by atoms with Crippen molar-refractivity contribution in [3.8, 4) is 11.3 Å². The van der Waals surface area contributed by atoms with Crippen LogP contribution in [0.3, 0.4) is 0 Å². The minimum Gasteiger partial charge on any atom is -0.396 e. The summed E-state index contributed by atoms with van der Waals surface area (Å²) in [5.41, 5.74) is 3.92. The van der Waals surface area contributed by atoms with E-state index in [0.717, 1.165) is 54.4 Å². The molecule has 0 amide bonds. The highest BCUT2D eigenvalue weighted by atomic mass is 19.4. The van der Waals surface area contributed by atoms with Gasteiger partial charge < -0.3 is 10.0 Å². The molecule has 4 nitrogen and oxygen atoms in total. The Morgan fingerprint density at radius 2 is 1.66 bits per heavy atom. The maximum Gasteiger partial charge on any atom is 0.418 e. The molecular formula is C28H28F3N3O. The van der Waals surface area contributed by atoms with Crippen LogP contribution >= 0.6 is 0 Å². The van der Waals surface area contributed by atoms with E-state index in [2.05, 4.69) is 10.00 Å². The van der Waals surface area contributed by atoms with Crippen LogP contribution in [0.5, 0.6) is 0 Å². The number of hydrogen-bond acceptors (Lipinski definition) is 3. The van der Waals surface area contributed by atoms with Crippen molar-refractivity contribution in [1.82, 2.24) is 9.78 Å². The number of aliphatic hydroxyl groups is 1. The molecule has 7 heteroatoms. The Kier molecular flexibility index (Phi) is 6.28. The SMILES string of the molecule is Cc1ccccc1Cn1nc2c(C(F)(F)F)cccc2c1-c1ccc(N2CCC(CO)CC2)cc1. The first-order chi connectivity index (χ1) is 16.8. The second kappa shape index (κ2) is 9.38. The van der Waals surface area contributed by atoms with Crippen molar-refractivity contribution >= 4 is 16.6 Å². The van der Waals surface area contributed by atoms with Gasteiger partial charge in [0.2, 0.25) is 0 Å². The van der Waals surface area contributed by atoms with Gasteiger partial charge in [-0.25, -0.2) is 0 Å². The van der Waals surface area contributed by atoms with E-state index in [1.54, 1.807) is 10.7 Å². The molecular weight excluding hydrogens is 451 g/mol. The zero-order chi connectivity index (χ0) is 24.6. The molecule has 1 N–H and O–H groups in total. The Morgan fingerprint density at radius 1 is 0.943 bits per heavy atom. The predicted octanol–water partition coefficient (Wildman–Crippen LogP) is 6.29. The first kappa shape index (κ1) is 23.4. The number of aryl methyl sites for hydroxylation is 1. The molecule has 0 unspecified atom stereocenters. The second-order valence-corrected chi connectivity index (χ2v) is 9.29. The normalized spacial score (nSPS) is 15.2. The summed E-state index contributed by atoms with van der Waals surface area (Å²) < 4.78 is 43.1. The Hall–Kier alpha value is -3.32. The number of piperidine rings is 1. The van der Waals surface area contributed by atoms with Crippen LogP contribution in [-0.4, -0.2) is 34.6 Å². The lowest BCUT2D eigenvalue weighted by atomic mass is 9.97. The Balaban J connectivity index is 1.57. The molecule has 1 saturated heterocycles. The van der Waals surface area contributed by atoms with E-state index < -0.39 is 11.7 Å². The summed E-state index contributed by atoms with van der Waals surface area (Å²) in [6, 6.07) is 20.1. The number of alkyl halides is 3. The molecule has 0 atom stereocenters. The zero-order valence-electron chi connectivity index (χ0n) is 19.6. The second-order valence-electron chi connectivity index (χ2n) is 9.29. The van der Waals surface area contributed by atoms with Gasteiger partial charge in [-0.2, -0.15) is 18.3 Å². The minimum absolute atomic E-state index is 0.0289. The molecule has 1 aliphatic heterocycles. The van der Waals surface area contributed by atoms with E-state index in [4.69, 9.17) is 0 Å². The van der Waals surface area contributed by atoms with E-state index in [9.17, 15) is 18.3 Å². The van der Waals surface area contributed by atoms with Crippen LogP contribution in [0.2, 0.25) is 0 Å². The smallest absolute Gasteiger partial charge is 0.396 e. The third-order valence-electron chi connectivity index (χ3n) is 7.04. The number of fused-ring (bicyclic) bond motifs is 1. The van der Waals surface area contributed by atoms with E-state index in [1.807, 2.05) is 55.5 Å². The summed E-state index contributed by atoms with van der Waals surface area (Å²) in [5.74, 6) is 0.357. The molecule has 0 bridgehead atoms. The summed E-state index contributed by atoms with van der Waals surface area (Å²) in [4.78, 5) is 2.29. The number of benzene rings is 3. The fourth-order valence-electron chi connectivity index (χ4n) is 4.95. The molecule has 0 radical (unpaired) electrons. The van der Waals surface area contributed by atoms with E-state index in [0.29, 0.717) is 23.5 Å². The van der Waals surface area contributed by atoms with Crippen LogP contribution in [-0.2, 0) is 12.7 Å². The number of aromatic nitrogens is 2. The van der Waals surface area contributed by atoms with Gasteiger partial charge in [0.15, 0.2) is 0 Å². The van der Waals surface area contributed by atoms with Gasteiger partial charge in [-0.05, 0) is 55.0 Å². The summed E-state index contributed by atoms with van der Waals surface area (Å²) in [6.45, 7) is 4.37. The van der Waals surface area contributed by atoms with E-state index in [1.165, 1.54) is 6.07 Å². The van der Waals surface area contributed by atoms with Gasteiger partial charge >= 0.3 is 6.18 Å². The number of rotatable bonds is 5. The molecule has 35 heavy (non-hydrogen) atoms. The molecule has 182 valence electrons. The topological polar surface area (TPSA) is 41.3 Å². The van der Waals surface area contributed by atoms with Crippen molar-refractivity contribution in [2.45, 2.75) is 32.5 Å². The molecule has 3 aromatic carbocycles. The third kappa shape index (κ3) is 4.65. The summed E-state index contributed by atoms with van der Waals surface area (Å²) in [6.07, 6.45) is -2.58. The van der Waals surface area contributed by atoms with Gasteiger partial charge in [-0.3, -0.25) is 4.68 Å². The average Bonchev–Trinajstić information content (AvgIpc) is 3.23. The van der Waals surface area contributed by atoms with Crippen molar-refractivity contribution in [2.24, 2.45) is 5.92 Å². The van der Waals surface area contributed by atoms with Gasteiger partial charge in [0.05, 0.1) is 17.8 Å². The molecule has 4 aromatic rings. The fourth-order valence-corrected chi connectivity index (χ4v) is 4.95. The summed E-state index contributed by atoms with van der Waals surface area (Å²) >= 11 is 0. The number of hydrogen-bond donors (Lipinski definition) is 1. The monoisotopic (exact) mass is 479 g/mol. The quantitative estimate of drug-likeness (QED) is 0.366. The van der Waals surface area contributed by atoms with Crippen LogP contribution < -0.4 is 4.90 Å². The lowest BCUT2D eigenvalue weighted by Gasteiger charge is -2.33. The van der Waals surface area contributed by atoms with Crippen molar-refractivity contribution < 1.29 is 18.3 Å². The first-order valence-corrected chi connectivity index (χ1v) is 11.9. The fraction of sp³-hybridized carbons (Fsp3) is 0.321. The number of aliphatic hydroxyl groups excluding tert-OH is 1. The molecule has 1 fully saturated rings. The molecule has 1 aromatic heterocycles. The average molecular weight is 480 g/mol. The minimum atomic E-state index is -4.48. The summed E-state index contributed by atoms with van der Waals surface area (Å²) in [7, 11) is 0. The predicted molar refractivity (Wildman–Crippen MR) is 132 cm³/mol. The van der Waals surface area contributed by atoms with Crippen LogP contribution in [0.15, 0.2) is 66.7 Å². The van der Waals surface area contributed by atoms with Gasteiger partial charge in [-0.1, -0.05) is 48.5 Å². The van der Waals surface area contributed by atoms with Crippen molar-refractivity contribution in [2.75, 3.05) is 24.6 Å². The van der Waals surface area contributed by atoms with Crippen LogP contribution in [0.1, 0.15) is 29.5 Å². The highest BCUT2D eigenvalue weighted by molar-refractivity contribution is 5.95. The lowest BCUT2D eigenvalue weighted by Crippen LogP contribution is -2.34. The number of halogens is 3. The Bertz CT molecular complexity index is 1320. The molecule has 0 saturated carbocycles. The molecule has 2 heterocycles. The van der Waals surface area contributed by atoms with Crippen molar-refractivity contribution in [3.63, 3.8) is 0 Å². The van der Waals surface area contributed by atoms with Crippen molar-refractivity contribution in [1.29, 1.82) is 0 Å². The van der Waals surface area contributed by atoms with E-state index in [-0.39, 0.29) is 12.1 Å². The molecule has 0 aliphatic carbocycles. The molecule has 1 aliphatic rings. The van der Waals surface area contributed by atoms with Gasteiger partial charge in [0, 0.05) is 36.3 Å². The number of nitrogens with zero attached hydrogens (tertiary/aromatic N) is 3. The maximum absolute atomic E-state index is 13.8. The van der Waals surface area contributed by atoms with Gasteiger partial charge in [0.1, 0.15) is 5.52 Å². The third-order valence-corrected chi connectivity index (χ3v) is 7.04. The summed E-state index contributed by atoms with van der Waals surface area (Å²) in [5, 5.41) is 14.4.